The average molecular weight is 1220 g/mol. The number of rotatable bonds is 10. The van der Waals surface area contributed by atoms with Crippen molar-refractivity contribution in [1.82, 2.24) is 0 Å². The summed E-state index contributed by atoms with van der Waals surface area (Å²) >= 11 is 0. The van der Waals surface area contributed by atoms with Crippen molar-refractivity contribution in [2.75, 3.05) is 19.6 Å². The fourth-order valence-electron chi connectivity index (χ4n) is 14.3. The van der Waals surface area contributed by atoms with Gasteiger partial charge in [0, 0.05) is 73.1 Å². The molecule has 3 heterocycles. The van der Waals surface area contributed by atoms with E-state index in [-0.39, 0.29) is 28.4 Å². The van der Waals surface area contributed by atoms with Crippen molar-refractivity contribution >= 4 is 113 Å². The van der Waals surface area contributed by atoms with Crippen LogP contribution in [0.15, 0.2) is 277 Å². The van der Waals surface area contributed by atoms with Gasteiger partial charge in [-0.15, -0.1) is 0 Å². The van der Waals surface area contributed by atoms with Crippen LogP contribution in [0.5, 0.6) is 0 Å². The molecule has 6 heteroatoms. The molecule has 0 unspecified atom stereocenters. The van der Waals surface area contributed by atoms with E-state index in [4.69, 9.17) is 4.42 Å². The number of benzene rings is 12. The molecule has 0 fully saturated rings. The van der Waals surface area contributed by atoms with Gasteiger partial charge in [-0.25, -0.2) is 0 Å². The van der Waals surface area contributed by atoms with E-state index in [9.17, 15) is 0 Å². The van der Waals surface area contributed by atoms with Crippen LogP contribution < -0.4 is 36.0 Å². The zero-order valence-electron chi connectivity index (χ0n) is 56.3. The minimum absolute atomic E-state index is 0.104. The molecular weight excluding hydrogens is 1140 g/mol. The van der Waals surface area contributed by atoms with Crippen molar-refractivity contribution in [3.63, 3.8) is 0 Å². The third-order valence-corrected chi connectivity index (χ3v) is 19.4. The molecular formula is C88H81BN4O. The molecule has 462 valence electrons. The Labute approximate surface area is 556 Å². The molecule has 0 atom stereocenters. The molecule has 15 rings (SSSR count). The van der Waals surface area contributed by atoms with E-state index >= 15 is 0 Å². The Bertz CT molecular complexity index is 4790. The number of anilines is 12. The van der Waals surface area contributed by atoms with Gasteiger partial charge in [-0.3, -0.25) is 0 Å². The van der Waals surface area contributed by atoms with E-state index in [0.29, 0.717) is 0 Å². The number of hydrogen-bond acceptors (Lipinski definition) is 5. The number of para-hydroxylation sites is 7. The van der Waals surface area contributed by atoms with Gasteiger partial charge in [-0.2, -0.15) is 0 Å². The lowest BCUT2D eigenvalue weighted by atomic mass is 9.33. The topological polar surface area (TPSA) is 26.1 Å². The summed E-state index contributed by atoms with van der Waals surface area (Å²) in [7, 11) is 0. The Morgan fingerprint density at radius 1 is 0.298 bits per heavy atom. The van der Waals surface area contributed by atoms with Crippen molar-refractivity contribution in [3.05, 3.63) is 295 Å². The van der Waals surface area contributed by atoms with Gasteiger partial charge >= 0.3 is 0 Å². The van der Waals surface area contributed by atoms with Gasteiger partial charge in [-0.05, 0) is 181 Å². The molecule has 0 radical (unpaired) electrons. The van der Waals surface area contributed by atoms with Crippen LogP contribution in [0, 0.1) is 0 Å². The highest BCUT2D eigenvalue weighted by Crippen LogP contribution is 2.54. The van der Waals surface area contributed by atoms with Crippen LogP contribution in [0.1, 0.15) is 105 Å². The molecule has 0 bridgehead atoms. The average Bonchev–Trinajstić information content (AvgIpc) is 1.08. The maximum Gasteiger partial charge on any atom is 0.252 e. The molecule has 2 aliphatic rings. The highest BCUT2D eigenvalue weighted by molar-refractivity contribution is 7.00. The molecule has 5 nitrogen and oxygen atoms in total. The molecule has 1 aromatic heterocycles. The van der Waals surface area contributed by atoms with E-state index in [1.807, 2.05) is 0 Å². The van der Waals surface area contributed by atoms with Crippen LogP contribution in [0.25, 0.3) is 44.2 Å². The number of furan rings is 1. The van der Waals surface area contributed by atoms with E-state index in [1.165, 1.54) is 49.8 Å². The van der Waals surface area contributed by atoms with Crippen LogP contribution in [0.2, 0.25) is 0 Å². The fraction of sp³-hybridized carbons (Fsp3) is 0.182. The summed E-state index contributed by atoms with van der Waals surface area (Å²) in [5.74, 6) is 0. The Balaban J connectivity index is 1.11. The first-order valence-electron chi connectivity index (χ1n) is 33.3. The minimum atomic E-state index is -0.324. The zero-order valence-corrected chi connectivity index (χ0v) is 56.3. The summed E-state index contributed by atoms with van der Waals surface area (Å²) in [4.78, 5) is 10.0. The number of nitrogens with zero attached hydrogens (tertiary/aromatic N) is 4. The Morgan fingerprint density at radius 2 is 0.660 bits per heavy atom. The molecule has 0 aliphatic carbocycles. The van der Waals surface area contributed by atoms with Gasteiger partial charge in [0.1, 0.15) is 5.58 Å². The smallest absolute Gasteiger partial charge is 0.252 e. The van der Waals surface area contributed by atoms with Gasteiger partial charge in [0.25, 0.3) is 6.71 Å². The van der Waals surface area contributed by atoms with E-state index in [1.54, 1.807) is 0 Å². The lowest BCUT2D eigenvalue weighted by Crippen LogP contribution is -2.61. The first-order chi connectivity index (χ1) is 45.2. The van der Waals surface area contributed by atoms with Crippen LogP contribution in [0.4, 0.5) is 68.2 Å². The standard InChI is InChI=1S/C88H81BN4O/c1-85(2,3)60-49-58(50-61(53-60)86(4,5)6)70-39-25-28-42-76(70)92-78-47-45-68(90(64-31-17-13-18-32-64)65-33-19-14-20-34-65)55-74(78)89-75-56-69(91(66-35-21-15-22-36-66)67-37-23-16-24-38-67)46-48-79(75)93(83-82(89)80(92)57-73-72-41-27-30-44-81(72)94-84(73)83)77-43-29-26-40-71(77)59-51-62(87(7,8)9)54-63(52-59)88(10,11)12/h13-57H,1-12H3. The summed E-state index contributed by atoms with van der Waals surface area (Å²) in [5, 5.41) is 2.13. The number of hydrogen-bond donors (Lipinski definition) is 0. The molecule has 0 N–H and O–H groups in total. The predicted octanol–water partition coefficient (Wildman–Crippen LogP) is 23.1. The van der Waals surface area contributed by atoms with Gasteiger partial charge in [0.05, 0.1) is 17.1 Å². The van der Waals surface area contributed by atoms with Crippen molar-refractivity contribution < 1.29 is 4.42 Å². The Kier molecular flexibility index (Phi) is 14.5. The minimum Gasteiger partial charge on any atom is -0.454 e. The summed E-state index contributed by atoms with van der Waals surface area (Å²) in [5.41, 5.74) is 27.6. The van der Waals surface area contributed by atoms with E-state index < -0.39 is 0 Å². The fourth-order valence-corrected chi connectivity index (χ4v) is 14.3. The third kappa shape index (κ3) is 10.5. The molecule has 0 amide bonds. The zero-order chi connectivity index (χ0) is 65.0. The van der Waals surface area contributed by atoms with Crippen molar-refractivity contribution in [3.8, 4) is 22.3 Å². The lowest BCUT2D eigenvalue weighted by Gasteiger charge is -2.45. The quantitative estimate of drug-likeness (QED) is 0.127. The second-order valence-electron chi connectivity index (χ2n) is 29.9. The molecule has 0 saturated heterocycles. The van der Waals surface area contributed by atoms with Crippen molar-refractivity contribution in [1.29, 1.82) is 0 Å². The molecule has 94 heavy (non-hydrogen) atoms. The highest BCUT2D eigenvalue weighted by atomic mass is 16.3. The Morgan fingerprint density at radius 3 is 1.07 bits per heavy atom. The maximum atomic E-state index is 7.55. The molecule has 2 aliphatic heterocycles. The first kappa shape index (κ1) is 60.0. The lowest BCUT2D eigenvalue weighted by molar-refractivity contribution is 0.568. The van der Waals surface area contributed by atoms with Crippen LogP contribution >= 0.6 is 0 Å². The summed E-state index contributed by atoms with van der Waals surface area (Å²) in [6.07, 6.45) is 0. The van der Waals surface area contributed by atoms with Gasteiger partial charge in [-0.1, -0.05) is 247 Å². The second-order valence-corrected chi connectivity index (χ2v) is 29.9. The highest BCUT2D eigenvalue weighted by Gasteiger charge is 2.47. The molecule has 0 spiro atoms. The monoisotopic (exact) mass is 1220 g/mol. The summed E-state index contributed by atoms with van der Waals surface area (Å²) in [6, 6.07) is 102. The summed E-state index contributed by atoms with van der Waals surface area (Å²) < 4.78 is 7.55. The van der Waals surface area contributed by atoms with Crippen molar-refractivity contribution in [2.24, 2.45) is 0 Å². The number of fused-ring (bicyclic) bond motifs is 8. The molecule has 13 aromatic rings. The molecule has 12 aromatic carbocycles. The van der Waals surface area contributed by atoms with Gasteiger partial charge in [0.15, 0.2) is 5.58 Å². The second kappa shape index (κ2) is 22.8. The first-order valence-corrected chi connectivity index (χ1v) is 33.3. The van der Waals surface area contributed by atoms with E-state index in [0.717, 1.165) is 101 Å². The largest absolute Gasteiger partial charge is 0.454 e. The van der Waals surface area contributed by atoms with E-state index in [2.05, 4.69) is 376 Å². The van der Waals surface area contributed by atoms with Crippen LogP contribution in [-0.4, -0.2) is 6.71 Å². The van der Waals surface area contributed by atoms with Gasteiger partial charge < -0.3 is 24.0 Å². The SMILES string of the molecule is CC(C)(C)c1cc(-c2ccccc2N2c3ccc(N(c4ccccc4)c4ccccc4)cc3B3c4cc(N(c5ccccc5)c5ccccc5)ccc4N(c4ccccc4-c4cc(C(C)(C)C)cc(C(C)(C)C)c4)c4c3c2cc2c4oc3ccccc32)cc(C(C)(C)C)c1. The van der Waals surface area contributed by atoms with Crippen LogP contribution in [0.3, 0.4) is 0 Å². The molecule has 0 saturated carbocycles. The third-order valence-electron chi connectivity index (χ3n) is 19.4. The van der Waals surface area contributed by atoms with Crippen LogP contribution in [-0.2, 0) is 21.7 Å². The van der Waals surface area contributed by atoms with Gasteiger partial charge in [0.2, 0.25) is 0 Å². The Hall–Kier alpha value is -10.3. The normalized spacial score (nSPS) is 13.0. The predicted molar refractivity (Wildman–Crippen MR) is 403 cm³/mol. The maximum absolute atomic E-state index is 7.55. The summed E-state index contributed by atoms with van der Waals surface area (Å²) in [6.45, 7) is 27.7. The van der Waals surface area contributed by atoms with Crippen molar-refractivity contribution in [2.45, 2.75) is 105 Å².